The number of nitrogens with zero attached hydrogens (tertiary/aromatic N) is 2. The van der Waals surface area contributed by atoms with Crippen LogP contribution >= 0.6 is 0 Å². The van der Waals surface area contributed by atoms with E-state index in [-0.39, 0.29) is 0 Å². The maximum absolute atomic E-state index is 8.40. The Kier molecular flexibility index (Phi) is 2.51. The van der Waals surface area contributed by atoms with Crippen molar-refractivity contribution in [2.75, 3.05) is 0 Å². The zero-order valence-corrected chi connectivity index (χ0v) is 8.49. The molecular formula is C12H11N3. The topological polar surface area (TPSA) is 52.5 Å². The Morgan fingerprint density at radius 2 is 2.40 bits per heavy atom. The molecule has 2 aromatic rings. The van der Waals surface area contributed by atoms with Crippen molar-refractivity contribution < 1.29 is 0 Å². The summed E-state index contributed by atoms with van der Waals surface area (Å²) in [6.07, 6.45) is 4.23. The van der Waals surface area contributed by atoms with Crippen LogP contribution < -0.4 is 0 Å². The van der Waals surface area contributed by atoms with Gasteiger partial charge in [-0.2, -0.15) is 10.4 Å². The van der Waals surface area contributed by atoms with Gasteiger partial charge in [0.15, 0.2) is 0 Å². The number of aromatic amines is 1. The number of aryl methyl sites for hydroxylation is 1. The highest BCUT2D eigenvalue weighted by Gasteiger charge is 2.00. The number of hydrogen-bond donors (Lipinski definition) is 1. The maximum Gasteiger partial charge on any atom is 0.0929 e. The van der Waals surface area contributed by atoms with Crippen LogP contribution in [0.15, 0.2) is 24.3 Å². The van der Waals surface area contributed by atoms with E-state index in [9.17, 15) is 0 Å². The Bertz CT molecular complexity index is 543. The third-order valence-corrected chi connectivity index (χ3v) is 2.29. The van der Waals surface area contributed by atoms with Crippen molar-refractivity contribution in [1.29, 1.82) is 5.26 Å². The molecule has 0 fully saturated rings. The van der Waals surface area contributed by atoms with Crippen LogP contribution in [0.2, 0.25) is 0 Å². The number of nitriles is 1. The molecule has 0 saturated heterocycles. The van der Waals surface area contributed by atoms with Gasteiger partial charge in [-0.15, -0.1) is 0 Å². The summed E-state index contributed by atoms with van der Waals surface area (Å²) in [6.45, 7) is 2.00. The molecule has 0 spiro atoms. The molecule has 0 aliphatic heterocycles. The van der Waals surface area contributed by atoms with E-state index >= 15 is 0 Å². The Balaban J connectivity index is 2.36. The molecule has 1 aromatic carbocycles. The first-order chi connectivity index (χ1) is 7.31. The van der Waals surface area contributed by atoms with E-state index in [2.05, 4.69) is 16.3 Å². The molecule has 0 unspecified atom stereocenters. The van der Waals surface area contributed by atoms with E-state index < -0.39 is 0 Å². The molecule has 1 N–H and O–H groups in total. The van der Waals surface area contributed by atoms with Crippen molar-refractivity contribution >= 4 is 17.0 Å². The quantitative estimate of drug-likeness (QED) is 0.804. The number of fused-ring (bicyclic) bond motifs is 1. The summed E-state index contributed by atoms with van der Waals surface area (Å²) < 4.78 is 0. The Morgan fingerprint density at radius 3 is 3.20 bits per heavy atom. The van der Waals surface area contributed by atoms with E-state index in [4.69, 9.17) is 5.26 Å². The van der Waals surface area contributed by atoms with Gasteiger partial charge in [-0.1, -0.05) is 24.3 Å². The van der Waals surface area contributed by atoms with Gasteiger partial charge in [0.25, 0.3) is 0 Å². The first kappa shape index (κ1) is 9.47. The number of H-pyrrole nitrogens is 1. The fourth-order valence-corrected chi connectivity index (χ4v) is 1.51. The van der Waals surface area contributed by atoms with E-state index in [1.54, 1.807) is 0 Å². The summed E-state index contributed by atoms with van der Waals surface area (Å²) in [5.74, 6) is 0. The minimum Gasteiger partial charge on any atom is -0.282 e. The molecule has 0 bridgehead atoms. The largest absolute Gasteiger partial charge is 0.282 e. The molecule has 0 saturated carbocycles. The summed E-state index contributed by atoms with van der Waals surface area (Å²) >= 11 is 0. The maximum atomic E-state index is 8.40. The van der Waals surface area contributed by atoms with Crippen LogP contribution in [-0.4, -0.2) is 10.2 Å². The monoisotopic (exact) mass is 197 g/mol. The summed E-state index contributed by atoms with van der Waals surface area (Å²) in [5.41, 5.74) is 3.12. The predicted molar refractivity (Wildman–Crippen MR) is 60.1 cm³/mol. The normalized spacial score (nSPS) is 10.9. The van der Waals surface area contributed by atoms with E-state index in [1.807, 2.05) is 37.3 Å². The minimum absolute atomic E-state index is 0.442. The Hall–Kier alpha value is -2.08. The van der Waals surface area contributed by atoms with Gasteiger partial charge in [0.05, 0.1) is 18.0 Å². The number of rotatable bonds is 2. The third kappa shape index (κ3) is 1.89. The van der Waals surface area contributed by atoms with E-state index in [0.717, 1.165) is 22.2 Å². The average Bonchev–Trinajstić information content (AvgIpc) is 2.61. The second-order valence-electron chi connectivity index (χ2n) is 3.39. The number of aromatic nitrogens is 2. The van der Waals surface area contributed by atoms with Crippen molar-refractivity contribution in [3.8, 4) is 6.07 Å². The molecule has 3 heteroatoms. The summed E-state index contributed by atoms with van der Waals surface area (Å²) in [7, 11) is 0. The van der Waals surface area contributed by atoms with Crippen molar-refractivity contribution in [2.45, 2.75) is 13.3 Å². The van der Waals surface area contributed by atoms with Gasteiger partial charge in [-0.25, -0.2) is 0 Å². The zero-order chi connectivity index (χ0) is 10.7. The zero-order valence-electron chi connectivity index (χ0n) is 8.49. The van der Waals surface area contributed by atoms with Gasteiger partial charge < -0.3 is 0 Å². The molecule has 0 radical (unpaired) electrons. The van der Waals surface area contributed by atoms with Gasteiger partial charge in [0.2, 0.25) is 0 Å². The lowest BCUT2D eigenvalue weighted by molar-refractivity contribution is 1.07. The molecule has 1 heterocycles. The van der Waals surface area contributed by atoms with Gasteiger partial charge in [0, 0.05) is 11.1 Å². The lowest BCUT2D eigenvalue weighted by Gasteiger charge is -1.93. The fraction of sp³-hybridized carbons (Fsp3) is 0.167. The fourth-order valence-electron chi connectivity index (χ4n) is 1.51. The predicted octanol–water partition coefficient (Wildman–Crippen LogP) is 2.80. The van der Waals surface area contributed by atoms with Crippen LogP contribution in [-0.2, 0) is 0 Å². The van der Waals surface area contributed by atoms with Crippen LogP contribution in [0.5, 0.6) is 0 Å². The summed E-state index contributed by atoms with van der Waals surface area (Å²) in [6, 6.07) is 8.15. The minimum atomic E-state index is 0.442. The molecule has 15 heavy (non-hydrogen) atoms. The first-order valence-corrected chi connectivity index (χ1v) is 4.79. The first-order valence-electron chi connectivity index (χ1n) is 4.79. The molecule has 0 atom stereocenters. The van der Waals surface area contributed by atoms with Crippen molar-refractivity contribution in [3.63, 3.8) is 0 Å². The molecule has 74 valence electrons. The van der Waals surface area contributed by atoms with Gasteiger partial charge in [-0.3, -0.25) is 5.10 Å². The third-order valence-electron chi connectivity index (χ3n) is 2.29. The SMILES string of the molecule is Cc1[nH]nc2cc(C=CCC#N)ccc12. The average molecular weight is 197 g/mol. The molecule has 0 aliphatic carbocycles. The number of benzene rings is 1. The smallest absolute Gasteiger partial charge is 0.0929 e. The highest BCUT2D eigenvalue weighted by atomic mass is 15.1. The molecule has 2 rings (SSSR count). The van der Waals surface area contributed by atoms with Crippen molar-refractivity contribution in [1.82, 2.24) is 10.2 Å². The highest BCUT2D eigenvalue weighted by molar-refractivity contribution is 5.83. The lowest BCUT2D eigenvalue weighted by atomic mass is 10.1. The molecule has 0 aliphatic rings. The molecular weight excluding hydrogens is 186 g/mol. The number of nitrogens with one attached hydrogen (secondary N) is 1. The lowest BCUT2D eigenvalue weighted by Crippen LogP contribution is -1.73. The van der Waals surface area contributed by atoms with Crippen molar-refractivity contribution in [2.24, 2.45) is 0 Å². The van der Waals surface area contributed by atoms with Gasteiger partial charge in [-0.05, 0) is 18.6 Å². The van der Waals surface area contributed by atoms with Gasteiger partial charge in [0.1, 0.15) is 0 Å². The van der Waals surface area contributed by atoms with Gasteiger partial charge >= 0.3 is 0 Å². The number of allylic oxidation sites excluding steroid dienone is 1. The van der Waals surface area contributed by atoms with Crippen LogP contribution in [0.1, 0.15) is 17.7 Å². The second-order valence-corrected chi connectivity index (χ2v) is 3.39. The highest BCUT2D eigenvalue weighted by Crippen LogP contribution is 2.17. The van der Waals surface area contributed by atoms with Crippen LogP contribution in [0.3, 0.4) is 0 Å². The molecule has 0 amide bonds. The van der Waals surface area contributed by atoms with Crippen LogP contribution in [0, 0.1) is 18.3 Å². The second kappa shape index (κ2) is 3.97. The molecule has 3 nitrogen and oxygen atoms in total. The van der Waals surface area contributed by atoms with E-state index in [0.29, 0.717) is 6.42 Å². The standard InChI is InChI=1S/C12H11N3/c1-9-11-6-5-10(4-2-3-7-13)8-12(11)15-14-9/h2,4-6,8H,3H2,1H3,(H,14,15). The Morgan fingerprint density at radius 1 is 1.53 bits per heavy atom. The summed E-state index contributed by atoms with van der Waals surface area (Å²) in [5, 5.41) is 16.7. The molecule has 1 aromatic heterocycles. The van der Waals surface area contributed by atoms with Crippen LogP contribution in [0.25, 0.3) is 17.0 Å². The Labute approximate surface area is 88.0 Å². The summed E-state index contributed by atoms with van der Waals surface area (Å²) in [4.78, 5) is 0. The van der Waals surface area contributed by atoms with Crippen molar-refractivity contribution in [3.05, 3.63) is 35.5 Å². The number of hydrogen-bond acceptors (Lipinski definition) is 2. The van der Waals surface area contributed by atoms with Crippen LogP contribution in [0.4, 0.5) is 0 Å². The van der Waals surface area contributed by atoms with E-state index in [1.165, 1.54) is 0 Å².